The van der Waals surface area contributed by atoms with Crippen molar-refractivity contribution in [3.63, 3.8) is 0 Å². The van der Waals surface area contributed by atoms with Crippen LogP contribution in [0.25, 0.3) is 0 Å². The van der Waals surface area contributed by atoms with E-state index >= 15 is 0 Å². The molecule has 2 aromatic carbocycles. The lowest BCUT2D eigenvalue weighted by Gasteiger charge is -2.32. The fourth-order valence-electron chi connectivity index (χ4n) is 4.37. The molecule has 3 rings (SSSR count). The number of carbonyl (C=O) groups excluding carboxylic acids is 2. The summed E-state index contributed by atoms with van der Waals surface area (Å²) in [5, 5.41) is 3.20. The van der Waals surface area contributed by atoms with Crippen molar-refractivity contribution < 1.29 is 19.1 Å². The first-order valence-corrected chi connectivity index (χ1v) is 12.8. The number of benzene rings is 2. The van der Waals surface area contributed by atoms with Crippen molar-refractivity contribution in [3.05, 3.63) is 58.1 Å². The molecule has 0 aliphatic heterocycles. The molecule has 6 nitrogen and oxygen atoms in total. The maximum atomic E-state index is 13.4. The molecule has 1 aliphatic carbocycles. The molecule has 1 fully saturated rings. The van der Waals surface area contributed by atoms with Crippen molar-refractivity contribution in [1.29, 1.82) is 0 Å². The van der Waals surface area contributed by atoms with Gasteiger partial charge < -0.3 is 19.7 Å². The number of hydrogen-bond acceptors (Lipinski definition) is 4. The fourth-order valence-corrected chi connectivity index (χ4v) is 4.61. The minimum absolute atomic E-state index is 0.0925. The van der Waals surface area contributed by atoms with Gasteiger partial charge in [0.15, 0.2) is 6.61 Å². The Morgan fingerprint density at radius 2 is 1.88 bits per heavy atom. The Morgan fingerprint density at radius 3 is 2.56 bits per heavy atom. The lowest BCUT2D eigenvalue weighted by Crippen LogP contribution is -2.52. The van der Waals surface area contributed by atoms with E-state index in [1.165, 1.54) is 6.42 Å². The summed E-state index contributed by atoms with van der Waals surface area (Å²) in [7, 11) is 1.61. The molecular weight excluding hydrogens is 496 g/mol. The Morgan fingerprint density at radius 1 is 1.12 bits per heavy atom. The summed E-state index contributed by atoms with van der Waals surface area (Å²) < 4.78 is 12.2. The number of carbonyl (C=O) groups is 2. The number of hydrogen-bond donors (Lipinski definition) is 1. The number of halogens is 1. The van der Waals surface area contributed by atoms with Gasteiger partial charge in [-0.15, -0.1) is 0 Å². The smallest absolute Gasteiger partial charge is 0.261 e. The van der Waals surface area contributed by atoms with Gasteiger partial charge in [0.25, 0.3) is 5.91 Å². The van der Waals surface area contributed by atoms with Gasteiger partial charge in [0, 0.05) is 17.1 Å². The quantitative estimate of drug-likeness (QED) is 0.446. The predicted octanol–water partition coefficient (Wildman–Crippen LogP) is 5.40. The minimum Gasteiger partial charge on any atom is -0.497 e. The predicted molar refractivity (Wildman–Crippen MR) is 137 cm³/mol. The third-order valence-electron chi connectivity index (χ3n) is 6.32. The van der Waals surface area contributed by atoms with Crippen LogP contribution in [-0.2, 0) is 16.1 Å². The molecule has 1 saturated carbocycles. The first-order chi connectivity index (χ1) is 16.4. The van der Waals surface area contributed by atoms with Crippen molar-refractivity contribution >= 4 is 27.7 Å². The van der Waals surface area contributed by atoms with Crippen molar-refractivity contribution in [3.8, 4) is 11.5 Å². The van der Waals surface area contributed by atoms with Gasteiger partial charge in [-0.2, -0.15) is 0 Å². The van der Waals surface area contributed by atoms with Gasteiger partial charge in [0.2, 0.25) is 5.91 Å². The van der Waals surface area contributed by atoms with E-state index in [2.05, 4.69) is 21.2 Å². The molecule has 184 valence electrons. The molecule has 0 saturated heterocycles. The summed E-state index contributed by atoms with van der Waals surface area (Å²) in [6.07, 6.45) is 6.00. The molecular formula is C27H35BrN2O4. The Kier molecular flexibility index (Phi) is 9.81. The van der Waals surface area contributed by atoms with Gasteiger partial charge in [-0.05, 0) is 67.6 Å². The molecule has 1 N–H and O–H groups in total. The lowest BCUT2D eigenvalue weighted by molar-refractivity contribution is -0.143. The number of ether oxygens (including phenoxy) is 2. The highest BCUT2D eigenvalue weighted by molar-refractivity contribution is 9.10. The van der Waals surface area contributed by atoms with E-state index < -0.39 is 6.04 Å². The van der Waals surface area contributed by atoms with Crippen molar-refractivity contribution in [2.75, 3.05) is 13.7 Å². The van der Waals surface area contributed by atoms with E-state index in [-0.39, 0.29) is 24.5 Å². The van der Waals surface area contributed by atoms with Crippen LogP contribution in [0.1, 0.15) is 56.6 Å². The van der Waals surface area contributed by atoms with Crippen LogP contribution in [-0.4, -0.2) is 42.5 Å². The molecule has 34 heavy (non-hydrogen) atoms. The standard InChI is InChI=1S/C27H35BrN2O4/c1-4-25(27(32)29-21-10-6-5-7-11-21)30(17-20-9-8-12-22(16-20)33-3)26(31)18-34-23-13-14-24(28)19(2)15-23/h8-9,12-16,21,25H,4-7,10-11,17-18H2,1-3H3,(H,29,32)/t25-/m0/s1. The molecule has 0 spiro atoms. The van der Waals surface area contributed by atoms with Crippen LogP contribution < -0.4 is 14.8 Å². The second-order valence-corrected chi connectivity index (χ2v) is 9.69. The first-order valence-electron chi connectivity index (χ1n) is 12.0. The summed E-state index contributed by atoms with van der Waals surface area (Å²) in [5.74, 6) is 1.01. The van der Waals surface area contributed by atoms with Gasteiger partial charge in [-0.25, -0.2) is 0 Å². The number of aryl methyl sites for hydroxylation is 1. The summed E-state index contributed by atoms with van der Waals surface area (Å²) in [6, 6.07) is 12.8. The number of methoxy groups -OCH3 is 1. The van der Waals surface area contributed by atoms with E-state index in [9.17, 15) is 9.59 Å². The Hall–Kier alpha value is -2.54. The van der Waals surface area contributed by atoms with Gasteiger partial charge in [0.1, 0.15) is 17.5 Å². The van der Waals surface area contributed by atoms with E-state index in [1.54, 1.807) is 12.0 Å². The Bertz CT molecular complexity index is 975. The zero-order valence-electron chi connectivity index (χ0n) is 20.3. The molecule has 1 aliphatic rings. The minimum atomic E-state index is -0.573. The highest BCUT2D eigenvalue weighted by Gasteiger charge is 2.30. The Labute approximate surface area is 211 Å². The summed E-state index contributed by atoms with van der Waals surface area (Å²) >= 11 is 3.48. The average molecular weight is 531 g/mol. The number of amides is 2. The van der Waals surface area contributed by atoms with Crippen LogP contribution in [0.2, 0.25) is 0 Å². The van der Waals surface area contributed by atoms with Crippen LogP contribution >= 0.6 is 15.9 Å². The third-order valence-corrected chi connectivity index (χ3v) is 7.21. The number of nitrogens with one attached hydrogen (secondary N) is 1. The topological polar surface area (TPSA) is 67.9 Å². The summed E-state index contributed by atoms with van der Waals surface area (Å²) in [5.41, 5.74) is 1.92. The van der Waals surface area contributed by atoms with E-state index in [0.29, 0.717) is 24.5 Å². The van der Waals surface area contributed by atoms with Crippen LogP contribution in [0.4, 0.5) is 0 Å². The molecule has 2 aromatic rings. The van der Waals surface area contributed by atoms with Crippen molar-refractivity contribution in [2.24, 2.45) is 0 Å². The van der Waals surface area contributed by atoms with Gasteiger partial charge in [0.05, 0.1) is 7.11 Å². The van der Waals surface area contributed by atoms with Crippen molar-refractivity contribution in [1.82, 2.24) is 10.2 Å². The van der Waals surface area contributed by atoms with Gasteiger partial charge >= 0.3 is 0 Å². The second-order valence-electron chi connectivity index (χ2n) is 8.84. The monoisotopic (exact) mass is 530 g/mol. The largest absolute Gasteiger partial charge is 0.497 e. The Balaban J connectivity index is 1.77. The highest BCUT2D eigenvalue weighted by Crippen LogP contribution is 2.23. The van der Waals surface area contributed by atoms with E-state index in [0.717, 1.165) is 41.3 Å². The van der Waals surface area contributed by atoms with Crippen LogP contribution in [0, 0.1) is 6.92 Å². The summed E-state index contributed by atoms with van der Waals surface area (Å²) in [6.45, 7) is 4.07. The molecule has 7 heteroatoms. The molecule has 0 radical (unpaired) electrons. The van der Waals surface area contributed by atoms with Crippen molar-refractivity contribution in [2.45, 2.75) is 71.0 Å². The SMILES string of the molecule is CC[C@@H](C(=O)NC1CCCCC1)N(Cc1cccc(OC)c1)C(=O)COc1ccc(Br)c(C)c1. The molecule has 0 unspecified atom stereocenters. The maximum absolute atomic E-state index is 13.4. The lowest BCUT2D eigenvalue weighted by atomic mass is 9.95. The second kappa shape index (κ2) is 12.8. The van der Waals surface area contributed by atoms with Crippen LogP contribution in [0.5, 0.6) is 11.5 Å². The van der Waals surface area contributed by atoms with E-state index in [4.69, 9.17) is 9.47 Å². The highest BCUT2D eigenvalue weighted by atomic mass is 79.9. The average Bonchev–Trinajstić information content (AvgIpc) is 2.85. The summed E-state index contributed by atoms with van der Waals surface area (Å²) in [4.78, 5) is 28.3. The van der Waals surface area contributed by atoms with Crippen LogP contribution in [0.15, 0.2) is 46.9 Å². The van der Waals surface area contributed by atoms with Gasteiger partial charge in [-0.3, -0.25) is 9.59 Å². The molecule has 2 amide bonds. The zero-order valence-corrected chi connectivity index (χ0v) is 21.9. The molecule has 0 heterocycles. The molecule has 0 aromatic heterocycles. The normalized spacial score (nSPS) is 14.8. The van der Waals surface area contributed by atoms with Crippen LogP contribution in [0.3, 0.4) is 0 Å². The zero-order chi connectivity index (χ0) is 24.5. The third kappa shape index (κ3) is 7.23. The number of rotatable bonds is 10. The fraction of sp³-hybridized carbons (Fsp3) is 0.481. The molecule has 1 atom stereocenters. The van der Waals surface area contributed by atoms with Gasteiger partial charge in [-0.1, -0.05) is 54.2 Å². The number of nitrogens with zero attached hydrogens (tertiary/aromatic N) is 1. The maximum Gasteiger partial charge on any atom is 0.261 e. The van der Waals surface area contributed by atoms with E-state index in [1.807, 2.05) is 56.3 Å². The first kappa shape index (κ1) is 26.1. The molecule has 0 bridgehead atoms.